The van der Waals surface area contributed by atoms with E-state index in [1.54, 1.807) is 11.8 Å². The van der Waals surface area contributed by atoms with Crippen molar-refractivity contribution < 1.29 is 4.79 Å². The lowest BCUT2D eigenvalue weighted by molar-refractivity contribution is -0.127. The highest BCUT2D eigenvalue weighted by Gasteiger charge is 2.34. The first-order valence-corrected chi connectivity index (χ1v) is 7.14. The standard InChI is InChI=1S/C11H22N2OS/c1-15-9-5-8-13-10(14)11(12)6-3-2-4-7-11/h2-9,12H2,1H3,(H,13,14). The van der Waals surface area contributed by atoms with Gasteiger partial charge < -0.3 is 11.1 Å². The first-order chi connectivity index (χ1) is 7.19. The van der Waals surface area contributed by atoms with E-state index < -0.39 is 5.54 Å². The van der Waals surface area contributed by atoms with E-state index in [9.17, 15) is 4.79 Å². The van der Waals surface area contributed by atoms with Gasteiger partial charge in [0.25, 0.3) is 0 Å². The van der Waals surface area contributed by atoms with E-state index in [2.05, 4.69) is 11.6 Å². The first-order valence-electron chi connectivity index (χ1n) is 5.75. The van der Waals surface area contributed by atoms with E-state index in [4.69, 9.17) is 5.73 Å². The number of carbonyl (C=O) groups is 1. The van der Waals surface area contributed by atoms with Gasteiger partial charge in [0.15, 0.2) is 0 Å². The second-order valence-electron chi connectivity index (χ2n) is 4.32. The Hall–Kier alpha value is -0.220. The summed E-state index contributed by atoms with van der Waals surface area (Å²) in [7, 11) is 0. The van der Waals surface area contributed by atoms with Gasteiger partial charge in [0, 0.05) is 6.54 Å². The largest absolute Gasteiger partial charge is 0.354 e. The molecule has 1 amide bonds. The molecule has 88 valence electrons. The van der Waals surface area contributed by atoms with E-state index in [0.29, 0.717) is 0 Å². The molecule has 0 unspecified atom stereocenters. The Balaban J connectivity index is 2.25. The summed E-state index contributed by atoms with van der Waals surface area (Å²) in [6, 6.07) is 0. The van der Waals surface area contributed by atoms with Crippen molar-refractivity contribution in [1.29, 1.82) is 0 Å². The normalized spacial score (nSPS) is 19.9. The maximum absolute atomic E-state index is 11.8. The number of nitrogens with two attached hydrogens (primary N) is 1. The molecule has 1 aliphatic carbocycles. The molecule has 0 aliphatic heterocycles. The fourth-order valence-electron chi connectivity index (χ4n) is 2.00. The van der Waals surface area contributed by atoms with Crippen molar-refractivity contribution in [2.45, 2.75) is 44.1 Å². The van der Waals surface area contributed by atoms with Crippen molar-refractivity contribution in [2.75, 3.05) is 18.6 Å². The molecule has 1 rings (SSSR count). The monoisotopic (exact) mass is 230 g/mol. The molecule has 0 aromatic carbocycles. The van der Waals surface area contributed by atoms with Gasteiger partial charge in [0.2, 0.25) is 5.91 Å². The van der Waals surface area contributed by atoms with Gasteiger partial charge in [0.1, 0.15) is 0 Å². The van der Waals surface area contributed by atoms with Crippen molar-refractivity contribution in [1.82, 2.24) is 5.32 Å². The van der Waals surface area contributed by atoms with Crippen molar-refractivity contribution in [3.63, 3.8) is 0 Å². The molecule has 15 heavy (non-hydrogen) atoms. The topological polar surface area (TPSA) is 55.1 Å². The molecule has 0 spiro atoms. The Morgan fingerprint density at radius 3 is 2.67 bits per heavy atom. The van der Waals surface area contributed by atoms with Gasteiger partial charge in [-0.3, -0.25) is 4.79 Å². The molecular weight excluding hydrogens is 208 g/mol. The number of nitrogens with one attached hydrogen (secondary N) is 1. The smallest absolute Gasteiger partial charge is 0.240 e. The Bertz CT molecular complexity index is 203. The molecule has 3 N–H and O–H groups in total. The van der Waals surface area contributed by atoms with E-state index in [1.807, 2.05) is 0 Å². The summed E-state index contributed by atoms with van der Waals surface area (Å²) in [5.41, 5.74) is 5.53. The Morgan fingerprint density at radius 2 is 2.07 bits per heavy atom. The molecule has 1 saturated carbocycles. The Labute approximate surface area is 96.6 Å². The molecule has 4 heteroatoms. The molecule has 0 radical (unpaired) electrons. The van der Waals surface area contributed by atoms with Crippen LogP contribution < -0.4 is 11.1 Å². The average Bonchev–Trinajstić information content (AvgIpc) is 2.25. The van der Waals surface area contributed by atoms with E-state index >= 15 is 0 Å². The second kappa shape index (κ2) is 6.38. The molecule has 1 fully saturated rings. The molecular formula is C11H22N2OS. The van der Waals surface area contributed by atoms with Crippen LogP contribution in [0.4, 0.5) is 0 Å². The molecule has 0 heterocycles. The minimum atomic E-state index is -0.572. The molecule has 0 saturated heterocycles. The summed E-state index contributed by atoms with van der Waals surface area (Å²) < 4.78 is 0. The SMILES string of the molecule is CSCCCNC(=O)C1(N)CCCCC1. The zero-order chi connectivity index (χ0) is 11.1. The maximum Gasteiger partial charge on any atom is 0.240 e. The van der Waals surface area contributed by atoms with Gasteiger partial charge in [-0.15, -0.1) is 0 Å². The van der Waals surface area contributed by atoms with Crippen molar-refractivity contribution in [2.24, 2.45) is 5.73 Å². The van der Waals surface area contributed by atoms with Gasteiger partial charge in [0.05, 0.1) is 5.54 Å². The van der Waals surface area contributed by atoms with Crippen LogP contribution in [0.25, 0.3) is 0 Å². The Morgan fingerprint density at radius 1 is 1.40 bits per heavy atom. The van der Waals surface area contributed by atoms with Crippen LogP contribution in [0.2, 0.25) is 0 Å². The third-order valence-corrected chi connectivity index (χ3v) is 3.71. The van der Waals surface area contributed by atoms with Crippen LogP contribution in [0, 0.1) is 0 Å². The van der Waals surface area contributed by atoms with Crippen LogP contribution in [0.15, 0.2) is 0 Å². The van der Waals surface area contributed by atoms with Crippen LogP contribution in [0.5, 0.6) is 0 Å². The summed E-state index contributed by atoms with van der Waals surface area (Å²) in [6.45, 7) is 0.763. The average molecular weight is 230 g/mol. The zero-order valence-electron chi connectivity index (χ0n) is 9.55. The van der Waals surface area contributed by atoms with Gasteiger partial charge in [-0.1, -0.05) is 19.3 Å². The molecule has 0 aromatic rings. The predicted molar refractivity (Wildman–Crippen MR) is 66.0 cm³/mol. The lowest BCUT2D eigenvalue weighted by Crippen LogP contribution is -2.55. The Kier molecular flexibility index (Phi) is 5.47. The number of rotatable bonds is 5. The fraction of sp³-hybridized carbons (Fsp3) is 0.909. The zero-order valence-corrected chi connectivity index (χ0v) is 10.4. The molecule has 1 aliphatic rings. The number of amides is 1. The van der Waals surface area contributed by atoms with E-state index in [-0.39, 0.29) is 5.91 Å². The summed E-state index contributed by atoms with van der Waals surface area (Å²) in [5.74, 6) is 1.15. The van der Waals surface area contributed by atoms with Crippen molar-refractivity contribution in [3.8, 4) is 0 Å². The van der Waals surface area contributed by atoms with Gasteiger partial charge in [-0.2, -0.15) is 11.8 Å². The first kappa shape index (κ1) is 12.8. The molecule has 0 bridgehead atoms. The second-order valence-corrected chi connectivity index (χ2v) is 5.30. The van der Waals surface area contributed by atoms with Gasteiger partial charge >= 0.3 is 0 Å². The van der Waals surface area contributed by atoms with Crippen LogP contribution in [-0.4, -0.2) is 30.0 Å². The highest BCUT2D eigenvalue weighted by atomic mass is 32.2. The lowest BCUT2D eigenvalue weighted by atomic mass is 9.82. The van der Waals surface area contributed by atoms with Crippen LogP contribution in [-0.2, 0) is 4.79 Å². The number of hydrogen-bond donors (Lipinski definition) is 2. The lowest BCUT2D eigenvalue weighted by Gasteiger charge is -2.31. The molecule has 3 nitrogen and oxygen atoms in total. The fourth-order valence-corrected chi connectivity index (χ4v) is 2.44. The van der Waals surface area contributed by atoms with Gasteiger partial charge in [-0.05, 0) is 31.3 Å². The minimum Gasteiger partial charge on any atom is -0.354 e. The predicted octanol–water partition coefficient (Wildman–Crippen LogP) is 1.52. The third-order valence-electron chi connectivity index (χ3n) is 3.01. The summed E-state index contributed by atoms with van der Waals surface area (Å²) in [6.07, 6.45) is 8.21. The summed E-state index contributed by atoms with van der Waals surface area (Å²) in [4.78, 5) is 11.8. The third kappa shape index (κ3) is 4.03. The number of thioether (sulfide) groups is 1. The van der Waals surface area contributed by atoms with Crippen LogP contribution in [0.3, 0.4) is 0 Å². The molecule has 0 atom stereocenters. The summed E-state index contributed by atoms with van der Waals surface area (Å²) in [5, 5.41) is 2.95. The van der Waals surface area contributed by atoms with E-state index in [0.717, 1.165) is 44.4 Å². The van der Waals surface area contributed by atoms with Crippen molar-refractivity contribution >= 4 is 17.7 Å². The summed E-state index contributed by atoms with van der Waals surface area (Å²) >= 11 is 1.81. The van der Waals surface area contributed by atoms with Crippen LogP contribution >= 0.6 is 11.8 Å². The minimum absolute atomic E-state index is 0.0586. The van der Waals surface area contributed by atoms with Crippen molar-refractivity contribution in [3.05, 3.63) is 0 Å². The quantitative estimate of drug-likeness (QED) is 0.704. The highest BCUT2D eigenvalue weighted by Crippen LogP contribution is 2.25. The molecule has 0 aromatic heterocycles. The van der Waals surface area contributed by atoms with E-state index in [1.165, 1.54) is 6.42 Å². The number of hydrogen-bond acceptors (Lipinski definition) is 3. The number of carbonyl (C=O) groups excluding carboxylic acids is 1. The van der Waals surface area contributed by atoms with Gasteiger partial charge in [-0.25, -0.2) is 0 Å². The maximum atomic E-state index is 11.8. The van der Waals surface area contributed by atoms with Crippen LogP contribution in [0.1, 0.15) is 38.5 Å². The highest BCUT2D eigenvalue weighted by molar-refractivity contribution is 7.98.